The lowest BCUT2D eigenvalue weighted by molar-refractivity contribution is 0.680. The second-order valence-corrected chi connectivity index (χ2v) is 5.04. The van der Waals surface area contributed by atoms with Crippen LogP contribution in [-0.2, 0) is 26.7 Å². The average Bonchev–Trinajstić information content (AvgIpc) is 3.13. The number of rotatable bonds is 6. The van der Waals surface area contributed by atoms with Gasteiger partial charge in [-0.3, -0.25) is 4.68 Å². The minimum Gasteiger partial charge on any atom is -0.309 e. The fourth-order valence-electron chi connectivity index (χ4n) is 2.18. The maximum Gasteiger partial charge on any atom is 0.137 e. The smallest absolute Gasteiger partial charge is 0.137 e. The summed E-state index contributed by atoms with van der Waals surface area (Å²) in [6, 6.07) is 8.54. The number of hydrogen-bond acceptors (Lipinski definition) is 4. The van der Waals surface area contributed by atoms with Crippen molar-refractivity contribution in [3.8, 4) is 0 Å². The molecule has 0 aliphatic rings. The molecule has 1 N–H and O–H groups in total. The van der Waals surface area contributed by atoms with Crippen molar-refractivity contribution in [3.63, 3.8) is 0 Å². The summed E-state index contributed by atoms with van der Waals surface area (Å²) in [5.74, 6) is 0. The number of aromatic nitrogens is 5. The molecule has 7 heteroatoms. The maximum atomic E-state index is 4.15. The fourth-order valence-corrected chi connectivity index (χ4v) is 2.18. The van der Waals surface area contributed by atoms with Crippen LogP contribution in [0.15, 0.2) is 49.3 Å². The summed E-state index contributed by atoms with van der Waals surface area (Å²) in [7, 11) is 1.93. The second-order valence-electron chi connectivity index (χ2n) is 5.04. The third-order valence-corrected chi connectivity index (χ3v) is 3.25. The number of benzene rings is 1. The van der Waals surface area contributed by atoms with Gasteiger partial charge in [-0.2, -0.15) is 10.2 Å². The van der Waals surface area contributed by atoms with E-state index in [0.717, 1.165) is 19.6 Å². The molecule has 0 amide bonds. The van der Waals surface area contributed by atoms with E-state index in [9.17, 15) is 0 Å². The summed E-state index contributed by atoms with van der Waals surface area (Å²) in [5, 5.41) is 11.7. The lowest BCUT2D eigenvalue weighted by Gasteiger charge is -2.05. The molecule has 0 aliphatic carbocycles. The molecular formula is C15H19ClN6. The molecule has 116 valence electrons. The summed E-state index contributed by atoms with van der Waals surface area (Å²) in [6.45, 7) is 2.43. The average molecular weight is 319 g/mol. The van der Waals surface area contributed by atoms with Gasteiger partial charge in [0, 0.05) is 31.9 Å². The van der Waals surface area contributed by atoms with Crippen molar-refractivity contribution >= 4 is 12.4 Å². The molecule has 0 aliphatic heterocycles. The van der Waals surface area contributed by atoms with Crippen molar-refractivity contribution in [2.45, 2.75) is 19.6 Å². The van der Waals surface area contributed by atoms with Crippen LogP contribution in [0.5, 0.6) is 0 Å². The highest BCUT2D eigenvalue weighted by Gasteiger charge is 1.99. The molecular weight excluding hydrogens is 300 g/mol. The first-order valence-corrected chi connectivity index (χ1v) is 6.88. The van der Waals surface area contributed by atoms with E-state index >= 15 is 0 Å². The van der Waals surface area contributed by atoms with Gasteiger partial charge in [-0.1, -0.05) is 24.3 Å². The van der Waals surface area contributed by atoms with Gasteiger partial charge < -0.3 is 5.32 Å². The van der Waals surface area contributed by atoms with Gasteiger partial charge in [0.25, 0.3) is 0 Å². The molecule has 0 radical (unpaired) electrons. The van der Waals surface area contributed by atoms with Gasteiger partial charge in [0.05, 0.1) is 12.7 Å². The third kappa shape index (κ3) is 4.41. The SMILES string of the molecule is Cl.Cn1cc(CNCc2ccc(Cn3cncn3)cc2)cn1. The standard InChI is InChI=1S/C15H18N6.ClH/c1-20-9-15(8-18-20)7-16-6-13-2-4-14(5-3-13)10-21-12-17-11-19-21;/h2-5,8-9,11-12,16H,6-7,10H2,1H3;1H. The van der Waals surface area contributed by atoms with E-state index in [1.165, 1.54) is 16.7 Å². The van der Waals surface area contributed by atoms with Gasteiger partial charge in [-0.25, -0.2) is 9.67 Å². The molecule has 3 aromatic rings. The zero-order chi connectivity index (χ0) is 14.5. The van der Waals surface area contributed by atoms with Gasteiger partial charge in [0.1, 0.15) is 12.7 Å². The fraction of sp³-hybridized carbons (Fsp3) is 0.267. The predicted molar refractivity (Wildman–Crippen MR) is 86.6 cm³/mol. The Hall–Kier alpha value is -2.18. The summed E-state index contributed by atoms with van der Waals surface area (Å²) in [4.78, 5) is 3.94. The zero-order valence-corrected chi connectivity index (χ0v) is 13.2. The van der Waals surface area contributed by atoms with Crippen LogP contribution in [0.2, 0.25) is 0 Å². The van der Waals surface area contributed by atoms with Crippen molar-refractivity contribution in [1.29, 1.82) is 0 Å². The first kappa shape index (κ1) is 16.2. The van der Waals surface area contributed by atoms with Crippen molar-refractivity contribution in [2.75, 3.05) is 0 Å². The lowest BCUT2D eigenvalue weighted by Crippen LogP contribution is -2.12. The topological polar surface area (TPSA) is 60.6 Å². The summed E-state index contributed by atoms with van der Waals surface area (Å²) in [5.41, 5.74) is 3.68. The van der Waals surface area contributed by atoms with E-state index in [1.807, 2.05) is 28.8 Å². The van der Waals surface area contributed by atoms with Crippen molar-refractivity contribution in [1.82, 2.24) is 29.9 Å². The molecule has 0 atom stereocenters. The molecule has 0 saturated carbocycles. The maximum absolute atomic E-state index is 4.15. The Labute approximate surface area is 135 Å². The largest absolute Gasteiger partial charge is 0.309 e. The molecule has 2 heterocycles. The highest BCUT2D eigenvalue weighted by atomic mass is 35.5. The van der Waals surface area contributed by atoms with Gasteiger partial charge in [0.15, 0.2) is 0 Å². The molecule has 0 unspecified atom stereocenters. The quantitative estimate of drug-likeness (QED) is 0.752. The van der Waals surface area contributed by atoms with Crippen LogP contribution in [-0.4, -0.2) is 24.5 Å². The Morgan fingerprint density at radius 1 is 1.00 bits per heavy atom. The minimum absolute atomic E-state index is 0. The summed E-state index contributed by atoms with van der Waals surface area (Å²) >= 11 is 0. The molecule has 0 bridgehead atoms. The van der Waals surface area contributed by atoms with E-state index in [4.69, 9.17) is 0 Å². The highest BCUT2D eigenvalue weighted by molar-refractivity contribution is 5.85. The Morgan fingerprint density at radius 2 is 1.73 bits per heavy atom. The molecule has 1 aromatic carbocycles. The van der Waals surface area contributed by atoms with E-state index in [2.05, 4.69) is 44.8 Å². The number of halogens is 1. The summed E-state index contributed by atoms with van der Waals surface area (Å²) in [6.07, 6.45) is 7.18. The normalized spacial score (nSPS) is 10.4. The van der Waals surface area contributed by atoms with Gasteiger partial charge in [-0.15, -0.1) is 12.4 Å². The van der Waals surface area contributed by atoms with Crippen LogP contribution < -0.4 is 5.32 Å². The summed E-state index contributed by atoms with van der Waals surface area (Å²) < 4.78 is 3.63. The molecule has 0 spiro atoms. The molecule has 0 fully saturated rings. The van der Waals surface area contributed by atoms with Gasteiger partial charge in [0.2, 0.25) is 0 Å². The van der Waals surface area contributed by atoms with Crippen LogP contribution in [0.4, 0.5) is 0 Å². The van der Waals surface area contributed by atoms with Crippen molar-refractivity contribution in [3.05, 3.63) is 66.0 Å². The molecule has 3 rings (SSSR count). The van der Waals surface area contributed by atoms with Crippen molar-refractivity contribution in [2.24, 2.45) is 7.05 Å². The highest BCUT2D eigenvalue weighted by Crippen LogP contribution is 2.06. The van der Waals surface area contributed by atoms with Crippen LogP contribution in [0.25, 0.3) is 0 Å². The van der Waals surface area contributed by atoms with Crippen LogP contribution in [0.1, 0.15) is 16.7 Å². The Morgan fingerprint density at radius 3 is 2.36 bits per heavy atom. The van der Waals surface area contributed by atoms with E-state index in [0.29, 0.717) is 0 Å². The molecule has 22 heavy (non-hydrogen) atoms. The first-order chi connectivity index (χ1) is 10.3. The van der Waals surface area contributed by atoms with E-state index < -0.39 is 0 Å². The Bertz CT molecular complexity index is 674. The lowest BCUT2D eigenvalue weighted by atomic mass is 10.1. The Balaban J connectivity index is 0.00000176. The Kier molecular flexibility index (Phi) is 5.68. The van der Waals surface area contributed by atoms with Crippen LogP contribution in [0.3, 0.4) is 0 Å². The van der Waals surface area contributed by atoms with Gasteiger partial charge in [-0.05, 0) is 11.1 Å². The van der Waals surface area contributed by atoms with Gasteiger partial charge >= 0.3 is 0 Å². The van der Waals surface area contributed by atoms with Crippen LogP contribution in [0, 0.1) is 0 Å². The number of aryl methyl sites for hydroxylation is 1. The zero-order valence-electron chi connectivity index (χ0n) is 12.4. The minimum atomic E-state index is 0. The van der Waals surface area contributed by atoms with Crippen LogP contribution >= 0.6 is 12.4 Å². The number of nitrogens with zero attached hydrogens (tertiary/aromatic N) is 5. The molecule has 6 nitrogen and oxygen atoms in total. The third-order valence-electron chi connectivity index (χ3n) is 3.25. The predicted octanol–water partition coefficient (Wildman–Crippen LogP) is 1.77. The van der Waals surface area contributed by atoms with E-state index in [-0.39, 0.29) is 12.4 Å². The molecule has 0 saturated heterocycles. The number of hydrogen-bond donors (Lipinski definition) is 1. The first-order valence-electron chi connectivity index (χ1n) is 6.88. The molecule has 2 aromatic heterocycles. The monoisotopic (exact) mass is 318 g/mol. The van der Waals surface area contributed by atoms with E-state index in [1.54, 1.807) is 12.7 Å². The number of nitrogens with one attached hydrogen (secondary N) is 1. The second kappa shape index (κ2) is 7.72. The van der Waals surface area contributed by atoms with Crippen molar-refractivity contribution < 1.29 is 0 Å².